The van der Waals surface area contributed by atoms with E-state index in [1.165, 1.54) is 0 Å². The maximum absolute atomic E-state index is 11.2. The zero-order valence-corrected chi connectivity index (χ0v) is 7.72. The van der Waals surface area contributed by atoms with Crippen molar-refractivity contribution in [3.63, 3.8) is 0 Å². The summed E-state index contributed by atoms with van der Waals surface area (Å²) in [5.74, 6) is 0. The van der Waals surface area contributed by atoms with E-state index in [2.05, 4.69) is 4.98 Å². The van der Waals surface area contributed by atoms with E-state index in [-0.39, 0.29) is 5.56 Å². The first-order chi connectivity index (χ1) is 6.16. The van der Waals surface area contributed by atoms with Crippen LogP contribution in [-0.4, -0.2) is 4.98 Å². The summed E-state index contributed by atoms with van der Waals surface area (Å²) < 4.78 is 0. The van der Waals surface area contributed by atoms with Gasteiger partial charge in [0.1, 0.15) is 0 Å². The van der Waals surface area contributed by atoms with E-state index in [1.54, 1.807) is 6.07 Å². The average Bonchev–Trinajstić information content (AvgIpc) is 2.02. The maximum atomic E-state index is 11.2. The summed E-state index contributed by atoms with van der Waals surface area (Å²) in [7, 11) is 0. The summed E-state index contributed by atoms with van der Waals surface area (Å²) in [5, 5.41) is 1.12. The first-order valence-corrected chi connectivity index (χ1v) is 4.27. The molecule has 0 saturated heterocycles. The van der Waals surface area contributed by atoms with Gasteiger partial charge in [0, 0.05) is 17.0 Å². The number of rotatable bonds is 0. The second-order valence-corrected chi connectivity index (χ2v) is 3.37. The van der Waals surface area contributed by atoms with Crippen molar-refractivity contribution in [2.24, 2.45) is 0 Å². The number of nitrogens with one attached hydrogen (secondary N) is 1. The van der Waals surface area contributed by atoms with Crippen molar-refractivity contribution in [3.05, 3.63) is 45.7 Å². The molecule has 2 nitrogen and oxygen atoms in total. The number of pyridine rings is 1. The molecule has 0 saturated carbocycles. The Bertz CT molecular complexity index is 511. The van der Waals surface area contributed by atoms with Crippen molar-refractivity contribution in [2.45, 2.75) is 13.8 Å². The lowest BCUT2D eigenvalue weighted by molar-refractivity contribution is 1.27. The first-order valence-electron chi connectivity index (χ1n) is 4.27. The number of aryl methyl sites for hydroxylation is 2. The third-order valence-electron chi connectivity index (χ3n) is 2.21. The van der Waals surface area contributed by atoms with Crippen LogP contribution in [0.2, 0.25) is 0 Å². The lowest BCUT2D eigenvalue weighted by Gasteiger charge is -2.01. The van der Waals surface area contributed by atoms with Gasteiger partial charge in [0.05, 0.1) is 0 Å². The second-order valence-electron chi connectivity index (χ2n) is 3.37. The van der Waals surface area contributed by atoms with Crippen LogP contribution in [0.1, 0.15) is 11.1 Å². The molecule has 1 heterocycles. The van der Waals surface area contributed by atoms with Crippen LogP contribution in [0.5, 0.6) is 0 Å². The third-order valence-corrected chi connectivity index (χ3v) is 2.21. The summed E-state index contributed by atoms with van der Waals surface area (Å²) in [6, 6.07) is 7.70. The molecular weight excluding hydrogens is 162 g/mol. The largest absolute Gasteiger partial charge is 0.322 e. The molecule has 1 aromatic heterocycles. The van der Waals surface area contributed by atoms with E-state index in [0.29, 0.717) is 0 Å². The fraction of sp³-hybridized carbons (Fsp3) is 0.182. The fourth-order valence-corrected chi connectivity index (χ4v) is 1.55. The van der Waals surface area contributed by atoms with Crippen LogP contribution in [0, 0.1) is 13.8 Å². The SMILES string of the molecule is Cc1ccc2c(C)cc(=O)[nH]c2c1. The fourth-order valence-electron chi connectivity index (χ4n) is 1.55. The summed E-state index contributed by atoms with van der Waals surface area (Å²) in [6.45, 7) is 3.97. The van der Waals surface area contributed by atoms with Crippen LogP contribution in [0.4, 0.5) is 0 Å². The molecule has 2 heteroatoms. The quantitative estimate of drug-likeness (QED) is 0.650. The summed E-state index contributed by atoms with van der Waals surface area (Å²) >= 11 is 0. The normalized spacial score (nSPS) is 10.6. The number of fused-ring (bicyclic) bond motifs is 1. The molecule has 0 aliphatic rings. The van der Waals surface area contributed by atoms with Gasteiger partial charge in [-0.2, -0.15) is 0 Å². The summed E-state index contributed by atoms with van der Waals surface area (Å²) in [6.07, 6.45) is 0. The number of aromatic amines is 1. The predicted octanol–water partition coefficient (Wildman–Crippen LogP) is 2.14. The molecule has 0 atom stereocenters. The molecule has 0 fully saturated rings. The van der Waals surface area contributed by atoms with Crippen molar-refractivity contribution in [2.75, 3.05) is 0 Å². The van der Waals surface area contributed by atoms with Gasteiger partial charge in [0.2, 0.25) is 5.56 Å². The van der Waals surface area contributed by atoms with Gasteiger partial charge < -0.3 is 4.98 Å². The van der Waals surface area contributed by atoms with E-state index in [4.69, 9.17) is 0 Å². The second kappa shape index (κ2) is 2.73. The Labute approximate surface area is 76.2 Å². The van der Waals surface area contributed by atoms with Crippen molar-refractivity contribution >= 4 is 10.9 Å². The van der Waals surface area contributed by atoms with E-state index in [0.717, 1.165) is 22.0 Å². The van der Waals surface area contributed by atoms with E-state index in [9.17, 15) is 4.79 Å². The molecule has 0 bridgehead atoms. The Hall–Kier alpha value is -1.57. The number of H-pyrrole nitrogens is 1. The molecule has 1 N–H and O–H groups in total. The molecule has 0 amide bonds. The maximum Gasteiger partial charge on any atom is 0.248 e. The van der Waals surface area contributed by atoms with Crippen LogP contribution in [-0.2, 0) is 0 Å². The minimum absolute atomic E-state index is 0.0319. The van der Waals surface area contributed by atoms with Gasteiger partial charge in [-0.05, 0) is 31.0 Å². The van der Waals surface area contributed by atoms with Gasteiger partial charge in [-0.15, -0.1) is 0 Å². The van der Waals surface area contributed by atoms with E-state index < -0.39 is 0 Å². The highest BCUT2D eigenvalue weighted by molar-refractivity contribution is 5.82. The van der Waals surface area contributed by atoms with Gasteiger partial charge >= 0.3 is 0 Å². The Kier molecular flexibility index (Phi) is 1.69. The average molecular weight is 173 g/mol. The smallest absolute Gasteiger partial charge is 0.248 e. The van der Waals surface area contributed by atoms with Gasteiger partial charge in [-0.1, -0.05) is 12.1 Å². The molecule has 0 unspecified atom stereocenters. The molecule has 1 aromatic carbocycles. The molecular formula is C11H11NO. The highest BCUT2D eigenvalue weighted by atomic mass is 16.1. The van der Waals surface area contributed by atoms with Crippen LogP contribution in [0.15, 0.2) is 29.1 Å². The highest BCUT2D eigenvalue weighted by Crippen LogP contribution is 2.15. The minimum atomic E-state index is -0.0319. The number of hydrogen-bond acceptors (Lipinski definition) is 1. The molecule has 0 radical (unpaired) electrons. The highest BCUT2D eigenvalue weighted by Gasteiger charge is 1.98. The van der Waals surface area contributed by atoms with Crippen LogP contribution < -0.4 is 5.56 Å². The lowest BCUT2D eigenvalue weighted by Crippen LogP contribution is -2.04. The van der Waals surface area contributed by atoms with Crippen molar-refractivity contribution < 1.29 is 0 Å². The Morgan fingerprint density at radius 1 is 1.15 bits per heavy atom. The lowest BCUT2D eigenvalue weighted by atomic mass is 10.1. The topological polar surface area (TPSA) is 32.9 Å². The first kappa shape index (κ1) is 8.05. The van der Waals surface area contributed by atoms with Crippen molar-refractivity contribution in [1.82, 2.24) is 4.98 Å². The molecule has 66 valence electrons. The van der Waals surface area contributed by atoms with Crippen molar-refractivity contribution in [1.29, 1.82) is 0 Å². The van der Waals surface area contributed by atoms with E-state index in [1.807, 2.05) is 32.0 Å². The van der Waals surface area contributed by atoms with Crippen LogP contribution in [0.25, 0.3) is 10.9 Å². The third kappa shape index (κ3) is 1.35. The number of benzene rings is 1. The zero-order valence-electron chi connectivity index (χ0n) is 7.72. The predicted molar refractivity (Wildman–Crippen MR) is 54.0 cm³/mol. The van der Waals surface area contributed by atoms with Crippen LogP contribution in [0.3, 0.4) is 0 Å². The molecule has 0 spiro atoms. The summed E-state index contributed by atoms with van der Waals surface area (Å²) in [5.41, 5.74) is 3.08. The minimum Gasteiger partial charge on any atom is -0.322 e. The van der Waals surface area contributed by atoms with Crippen molar-refractivity contribution in [3.8, 4) is 0 Å². The van der Waals surface area contributed by atoms with Gasteiger partial charge in [-0.3, -0.25) is 4.79 Å². The molecule has 2 aromatic rings. The zero-order chi connectivity index (χ0) is 9.42. The monoisotopic (exact) mass is 173 g/mol. The Morgan fingerprint density at radius 2 is 1.92 bits per heavy atom. The van der Waals surface area contributed by atoms with E-state index >= 15 is 0 Å². The molecule has 0 aliphatic heterocycles. The Balaban J connectivity index is 2.94. The van der Waals surface area contributed by atoms with Gasteiger partial charge in [0.25, 0.3) is 0 Å². The number of aromatic nitrogens is 1. The molecule has 13 heavy (non-hydrogen) atoms. The number of hydrogen-bond donors (Lipinski definition) is 1. The standard InChI is InChI=1S/C11H11NO/c1-7-3-4-9-8(2)6-11(13)12-10(9)5-7/h3-6H,1-2H3,(H,12,13). The Morgan fingerprint density at radius 3 is 2.69 bits per heavy atom. The molecule has 2 rings (SSSR count). The van der Waals surface area contributed by atoms with Gasteiger partial charge in [-0.25, -0.2) is 0 Å². The summed E-state index contributed by atoms with van der Waals surface area (Å²) in [4.78, 5) is 14.0. The van der Waals surface area contributed by atoms with Gasteiger partial charge in [0.15, 0.2) is 0 Å². The van der Waals surface area contributed by atoms with Crippen LogP contribution >= 0.6 is 0 Å². The molecule has 0 aliphatic carbocycles.